The van der Waals surface area contributed by atoms with Crippen molar-refractivity contribution in [2.75, 3.05) is 0 Å². The van der Waals surface area contributed by atoms with Gasteiger partial charge in [-0.25, -0.2) is 0 Å². The van der Waals surface area contributed by atoms with Crippen LogP contribution in [-0.2, 0) is 6.54 Å². The smallest absolute Gasteiger partial charge is 0.254 e. The summed E-state index contributed by atoms with van der Waals surface area (Å²) in [7, 11) is 0. The van der Waals surface area contributed by atoms with Gasteiger partial charge in [-0.05, 0) is 13.0 Å². The summed E-state index contributed by atoms with van der Waals surface area (Å²) in [6.45, 7) is 1.86. The molecule has 3 nitrogen and oxygen atoms in total. The molecule has 0 bridgehead atoms. The van der Waals surface area contributed by atoms with Crippen LogP contribution in [0.15, 0.2) is 23.1 Å². The highest BCUT2D eigenvalue weighted by Gasteiger charge is 1.95. The van der Waals surface area contributed by atoms with E-state index in [4.69, 9.17) is 5.26 Å². The molecule has 0 saturated carbocycles. The Morgan fingerprint density at radius 2 is 2.45 bits per heavy atom. The molecule has 0 atom stereocenters. The average Bonchev–Trinajstić information content (AvgIpc) is 1.99. The number of aryl methyl sites for hydroxylation is 1. The lowest BCUT2D eigenvalue weighted by Crippen LogP contribution is -2.20. The summed E-state index contributed by atoms with van der Waals surface area (Å²) in [4.78, 5) is 11.2. The molecule has 1 heterocycles. The summed E-state index contributed by atoms with van der Waals surface area (Å²) < 4.78 is 1.38. The molecule has 0 amide bonds. The summed E-state index contributed by atoms with van der Waals surface area (Å²) in [6, 6.07) is 5.41. The number of hydrogen-bond donors (Lipinski definition) is 0. The summed E-state index contributed by atoms with van der Waals surface area (Å²) in [6.07, 6.45) is 1.61. The van der Waals surface area contributed by atoms with Gasteiger partial charge in [0.2, 0.25) is 0 Å². The van der Waals surface area contributed by atoms with Gasteiger partial charge in [0.25, 0.3) is 5.56 Å². The van der Waals surface area contributed by atoms with Crippen molar-refractivity contribution >= 4 is 0 Å². The predicted molar refractivity (Wildman–Crippen MR) is 41.1 cm³/mol. The molecule has 0 aromatic carbocycles. The van der Waals surface area contributed by atoms with Gasteiger partial charge in [0.15, 0.2) is 0 Å². The molecule has 1 rings (SSSR count). The molecular weight excluding hydrogens is 140 g/mol. The highest BCUT2D eigenvalue weighted by Crippen LogP contribution is 1.87. The van der Waals surface area contributed by atoms with E-state index in [1.54, 1.807) is 25.3 Å². The monoisotopic (exact) mass is 148 g/mol. The van der Waals surface area contributed by atoms with Gasteiger partial charge < -0.3 is 4.57 Å². The van der Waals surface area contributed by atoms with Crippen LogP contribution in [0.25, 0.3) is 0 Å². The first-order valence-corrected chi connectivity index (χ1v) is 3.28. The molecule has 56 valence electrons. The normalized spacial score (nSPS) is 9.09. The number of rotatable bonds is 1. The Morgan fingerprint density at radius 3 is 3.09 bits per heavy atom. The minimum atomic E-state index is -0.0888. The summed E-state index contributed by atoms with van der Waals surface area (Å²) in [5.74, 6) is 0. The van der Waals surface area contributed by atoms with E-state index >= 15 is 0 Å². The number of nitrogens with zero attached hydrogens (tertiary/aromatic N) is 2. The van der Waals surface area contributed by atoms with E-state index in [0.717, 1.165) is 0 Å². The lowest BCUT2D eigenvalue weighted by molar-refractivity contribution is 0.780. The van der Waals surface area contributed by atoms with Gasteiger partial charge >= 0.3 is 0 Å². The van der Waals surface area contributed by atoms with Crippen molar-refractivity contribution in [2.45, 2.75) is 13.5 Å². The first kappa shape index (κ1) is 7.55. The van der Waals surface area contributed by atoms with Crippen molar-refractivity contribution in [3.05, 3.63) is 34.2 Å². The van der Waals surface area contributed by atoms with Gasteiger partial charge in [0, 0.05) is 11.8 Å². The third kappa shape index (κ3) is 1.47. The van der Waals surface area contributed by atoms with Crippen LogP contribution in [0.4, 0.5) is 0 Å². The lowest BCUT2D eigenvalue weighted by Gasteiger charge is -1.98. The van der Waals surface area contributed by atoms with E-state index in [-0.39, 0.29) is 12.1 Å². The third-order valence-corrected chi connectivity index (χ3v) is 1.45. The number of aromatic nitrogens is 1. The van der Waals surface area contributed by atoms with Crippen LogP contribution in [0.3, 0.4) is 0 Å². The van der Waals surface area contributed by atoms with E-state index in [1.807, 2.05) is 6.07 Å². The van der Waals surface area contributed by atoms with Gasteiger partial charge in [-0.1, -0.05) is 6.07 Å². The van der Waals surface area contributed by atoms with Crippen LogP contribution in [0, 0.1) is 18.3 Å². The standard InChI is InChI=1S/C8H8N2O/c1-7-3-2-5-10(6-4-9)8(7)11/h2-3,5H,6H2,1H3. The van der Waals surface area contributed by atoms with Crippen LogP contribution in [0.2, 0.25) is 0 Å². The van der Waals surface area contributed by atoms with Crippen LogP contribution in [0.1, 0.15) is 5.56 Å². The molecule has 0 N–H and O–H groups in total. The zero-order chi connectivity index (χ0) is 8.27. The molecule has 0 unspecified atom stereocenters. The Hall–Kier alpha value is -1.56. The molecule has 0 spiro atoms. The fourth-order valence-corrected chi connectivity index (χ4v) is 0.857. The van der Waals surface area contributed by atoms with Crippen molar-refractivity contribution in [3.63, 3.8) is 0 Å². The number of hydrogen-bond acceptors (Lipinski definition) is 2. The average molecular weight is 148 g/mol. The second-order valence-electron chi connectivity index (χ2n) is 2.28. The molecule has 0 aliphatic carbocycles. The maximum Gasteiger partial charge on any atom is 0.254 e. The topological polar surface area (TPSA) is 45.8 Å². The Labute approximate surface area is 64.5 Å². The van der Waals surface area contributed by atoms with Crippen molar-refractivity contribution < 1.29 is 0 Å². The predicted octanol–water partition coefficient (Wildman–Crippen LogP) is 0.680. The maximum absolute atomic E-state index is 11.2. The molecular formula is C8H8N2O. The van der Waals surface area contributed by atoms with Gasteiger partial charge in [0.1, 0.15) is 6.54 Å². The SMILES string of the molecule is Cc1cccn(CC#N)c1=O. The highest BCUT2D eigenvalue weighted by molar-refractivity contribution is 5.08. The zero-order valence-electron chi connectivity index (χ0n) is 6.24. The van der Waals surface area contributed by atoms with Gasteiger partial charge in [-0.2, -0.15) is 5.26 Å². The van der Waals surface area contributed by atoms with E-state index < -0.39 is 0 Å². The zero-order valence-corrected chi connectivity index (χ0v) is 6.24. The summed E-state index contributed by atoms with van der Waals surface area (Å²) in [5, 5.41) is 8.33. The van der Waals surface area contributed by atoms with Crippen molar-refractivity contribution in [3.8, 4) is 6.07 Å². The molecule has 11 heavy (non-hydrogen) atoms. The van der Waals surface area contributed by atoms with Crippen LogP contribution in [0.5, 0.6) is 0 Å². The van der Waals surface area contributed by atoms with Crippen LogP contribution >= 0.6 is 0 Å². The Bertz CT molecular complexity index is 346. The van der Waals surface area contributed by atoms with E-state index in [1.165, 1.54) is 4.57 Å². The number of pyridine rings is 1. The molecule has 1 aromatic heterocycles. The molecule has 0 saturated heterocycles. The maximum atomic E-state index is 11.2. The second-order valence-corrected chi connectivity index (χ2v) is 2.28. The molecule has 3 heteroatoms. The van der Waals surface area contributed by atoms with Crippen LogP contribution < -0.4 is 5.56 Å². The Kier molecular flexibility index (Phi) is 2.07. The summed E-state index contributed by atoms with van der Waals surface area (Å²) in [5.41, 5.74) is 0.580. The third-order valence-electron chi connectivity index (χ3n) is 1.45. The largest absolute Gasteiger partial charge is 0.301 e. The van der Waals surface area contributed by atoms with E-state index in [2.05, 4.69) is 0 Å². The minimum absolute atomic E-state index is 0.0888. The minimum Gasteiger partial charge on any atom is -0.301 e. The molecule has 1 aromatic rings. The second kappa shape index (κ2) is 3.02. The molecule has 0 aliphatic rings. The van der Waals surface area contributed by atoms with Gasteiger partial charge in [0.05, 0.1) is 6.07 Å². The highest BCUT2D eigenvalue weighted by atomic mass is 16.1. The fraction of sp³-hybridized carbons (Fsp3) is 0.250. The van der Waals surface area contributed by atoms with Crippen molar-refractivity contribution in [1.29, 1.82) is 5.26 Å². The van der Waals surface area contributed by atoms with Gasteiger partial charge in [-0.3, -0.25) is 4.79 Å². The summed E-state index contributed by atoms with van der Waals surface area (Å²) >= 11 is 0. The Morgan fingerprint density at radius 1 is 1.73 bits per heavy atom. The lowest BCUT2D eigenvalue weighted by atomic mass is 10.3. The first-order chi connectivity index (χ1) is 5.25. The first-order valence-electron chi connectivity index (χ1n) is 3.28. The fourth-order valence-electron chi connectivity index (χ4n) is 0.857. The van der Waals surface area contributed by atoms with Crippen molar-refractivity contribution in [1.82, 2.24) is 4.57 Å². The molecule has 0 radical (unpaired) electrons. The Balaban J connectivity index is 3.20. The number of nitriles is 1. The van der Waals surface area contributed by atoms with Crippen molar-refractivity contribution in [2.24, 2.45) is 0 Å². The molecule has 0 aliphatic heterocycles. The molecule has 0 fully saturated rings. The van der Waals surface area contributed by atoms with E-state index in [0.29, 0.717) is 5.56 Å². The van der Waals surface area contributed by atoms with Gasteiger partial charge in [-0.15, -0.1) is 0 Å². The quantitative estimate of drug-likeness (QED) is 0.588. The van der Waals surface area contributed by atoms with Crippen LogP contribution in [-0.4, -0.2) is 4.57 Å². The van der Waals surface area contributed by atoms with E-state index in [9.17, 15) is 4.79 Å².